The van der Waals surface area contributed by atoms with Crippen LogP contribution in [0, 0.1) is 11.8 Å². The van der Waals surface area contributed by atoms with E-state index in [0.29, 0.717) is 11.8 Å². The molecule has 3 heteroatoms. The van der Waals surface area contributed by atoms with Crippen molar-refractivity contribution in [2.75, 3.05) is 13.1 Å². The van der Waals surface area contributed by atoms with Crippen molar-refractivity contribution in [2.45, 2.75) is 39.2 Å². The molecule has 0 spiro atoms. The van der Waals surface area contributed by atoms with E-state index in [0.717, 1.165) is 25.9 Å². The molecule has 3 atom stereocenters. The maximum absolute atomic E-state index is 12.4. The SMILES string of the molecule is CC1CC(C)CN(C(=O)[C@@H](N)CCc2ccccc2)C1. The molecular formula is C17H26N2O. The van der Waals surface area contributed by atoms with E-state index in [1.807, 2.05) is 23.1 Å². The van der Waals surface area contributed by atoms with Crippen molar-refractivity contribution < 1.29 is 4.79 Å². The Bertz CT molecular complexity index is 422. The zero-order chi connectivity index (χ0) is 14.5. The number of amides is 1. The van der Waals surface area contributed by atoms with Crippen LogP contribution in [0.15, 0.2) is 30.3 Å². The Labute approximate surface area is 122 Å². The van der Waals surface area contributed by atoms with Crippen LogP contribution in [0.1, 0.15) is 32.3 Å². The molecule has 1 fully saturated rings. The molecule has 1 aliphatic heterocycles. The molecule has 0 aromatic heterocycles. The van der Waals surface area contributed by atoms with Crippen LogP contribution in [-0.2, 0) is 11.2 Å². The van der Waals surface area contributed by atoms with Crippen molar-refractivity contribution in [3.63, 3.8) is 0 Å². The van der Waals surface area contributed by atoms with Gasteiger partial charge in [0.25, 0.3) is 0 Å². The van der Waals surface area contributed by atoms with Gasteiger partial charge in [0.15, 0.2) is 0 Å². The molecule has 2 rings (SSSR count). The highest BCUT2D eigenvalue weighted by Gasteiger charge is 2.28. The van der Waals surface area contributed by atoms with E-state index in [-0.39, 0.29) is 11.9 Å². The van der Waals surface area contributed by atoms with Gasteiger partial charge in [-0.15, -0.1) is 0 Å². The van der Waals surface area contributed by atoms with E-state index in [1.54, 1.807) is 0 Å². The average Bonchev–Trinajstić information content (AvgIpc) is 2.44. The van der Waals surface area contributed by atoms with Gasteiger partial charge in [-0.2, -0.15) is 0 Å². The number of nitrogens with two attached hydrogens (primary N) is 1. The van der Waals surface area contributed by atoms with Crippen LogP contribution >= 0.6 is 0 Å². The lowest BCUT2D eigenvalue weighted by Gasteiger charge is -2.36. The highest BCUT2D eigenvalue weighted by Crippen LogP contribution is 2.21. The van der Waals surface area contributed by atoms with Crippen LogP contribution < -0.4 is 5.73 Å². The number of carbonyl (C=O) groups is 1. The van der Waals surface area contributed by atoms with Gasteiger partial charge < -0.3 is 10.6 Å². The number of nitrogens with zero attached hydrogens (tertiary/aromatic N) is 1. The quantitative estimate of drug-likeness (QED) is 0.916. The Morgan fingerprint density at radius 2 is 1.85 bits per heavy atom. The van der Waals surface area contributed by atoms with Gasteiger partial charge in [0, 0.05) is 13.1 Å². The lowest BCUT2D eigenvalue weighted by Crippen LogP contribution is -2.49. The predicted octanol–water partition coefficient (Wildman–Crippen LogP) is 2.45. The number of carbonyl (C=O) groups excluding carboxylic acids is 1. The molecule has 1 aliphatic rings. The minimum absolute atomic E-state index is 0.124. The van der Waals surface area contributed by atoms with Crippen LogP contribution in [0.2, 0.25) is 0 Å². The summed E-state index contributed by atoms with van der Waals surface area (Å²) in [5.41, 5.74) is 7.34. The van der Waals surface area contributed by atoms with Gasteiger partial charge in [0.1, 0.15) is 0 Å². The summed E-state index contributed by atoms with van der Waals surface area (Å²) in [4.78, 5) is 14.4. The Morgan fingerprint density at radius 1 is 1.25 bits per heavy atom. The number of hydrogen-bond donors (Lipinski definition) is 1. The third kappa shape index (κ3) is 4.07. The second-order valence-corrected chi connectivity index (χ2v) is 6.32. The normalized spacial score (nSPS) is 24.4. The number of rotatable bonds is 4. The van der Waals surface area contributed by atoms with Crippen LogP contribution in [0.4, 0.5) is 0 Å². The standard InChI is InChI=1S/C17H26N2O/c1-13-10-14(2)12-19(11-13)17(20)16(18)9-8-15-6-4-3-5-7-15/h3-7,13-14,16H,8-12,18H2,1-2H3/t13?,14?,16-/m0/s1. The minimum atomic E-state index is -0.368. The Hall–Kier alpha value is -1.35. The van der Waals surface area contributed by atoms with Crippen molar-refractivity contribution in [1.82, 2.24) is 4.90 Å². The second-order valence-electron chi connectivity index (χ2n) is 6.32. The van der Waals surface area contributed by atoms with E-state index in [2.05, 4.69) is 26.0 Å². The average molecular weight is 274 g/mol. The van der Waals surface area contributed by atoms with Gasteiger partial charge in [-0.25, -0.2) is 0 Å². The molecule has 2 unspecified atom stereocenters. The topological polar surface area (TPSA) is 46.3 Å². The van der Waals surface area contributed by atoms with Crippen molar-refractivity contribution in [3.8, 4) is 0 Å². The molecule has 0 aliphatic carbocycles. The molecule has 1 aromatic carbocycles. The fourth-order valence-corrected chi connectivity index (χ4v) is 3.17. The first-order valence-electron chi connectivity index (χ1n) is 7.64. The lowest BCUT2D eigenvalue weighted by molar-refractivity contribution is -0.135. The van der Waals surface area contributed by atoms with Gasteiger partial charge in [-0.3, -0.25) is 4.79 Å². The van der Waals surface area contributed by atoms with Crippen molar-refractivity contribution in [2.24, 2.45) is 17.6 Å². The predicted molar refractivity (Wildman–Crippen MR) is 82.3 cm³/mol. The minimum Gasteiger partial charge on any atom is -0.341 e. The monoisotopic (exact) mass is 274 g/mol. The highest BCUT2D eigenvalue weighted by molar-refractivity contribution is 5.81. The maximum Gasteiger partial charge on any atom is 0.239 e. The third-order valence-corrected chi connectivity index (χ3v) is 4.08. The van der Waals surface area contributed by atoms with E-state index in [9.17, 15) is 4.79 Å². The fraction of sp³-hybridized carbons (Fsp3) is 0.588. The summed E-state index contributed by atoms with van der Waals surface area (Å²) < 4.78 is 0. The number of aryl methyl sites for hydroxylation is 1. The third-order valence-electron chi connectivity index (χ3n) is 4.08. The molecule has 110 valence electrons. The summed E-state index contributed by atoms with van der Waals surface area (Å²) in [6, 6.07) is 9.86. The molecule has 1 saturated heterocycles. The molecular weight excluding hydrogens is 248 g/mol. The van der Waals surface area contributed by atoms with Gasteiger partial charge >= 0.3 is 0 Å². The van der Waals surface area contributed by atoms with E-state index in [4.69, 9.17) is 5.73 Å². The number of likely N-dealkylation sites (tertiary alicyclic amines) is 1. The van der Waals surface area contributed by atoms with Crippen molar-refractivity contribution in [1.29, 1.82) is 0 Å². The zero-order valence-corrected chi connectivity index (χ0v) is 12.6. The maximum atomic E-state index is 12.4. The molecule has 1 heterocycles. The molecule has 20 heavy (non-hydrogen) atoms. The highest BCUT2D eigenvalue weighted by atomic mass is 16.2. The zero-order valence-electron chi connectivity index (χ0n) is 12.6. The van der Waals surface area contributed by atoms with Crippen LogP contribution in [0.5, 0.6) is 0 Å². The molecule has 0 radical (unpaired) electrons. The summed E-state index contributed by atoms with van der Waals surface area (Å²) in [5, 5.41) is 0. The first-order valence-corrected chi connectivity index (χ1v) is 7.64. The molecule has 3 nitrogen and oxygen atoms in total. The van der Waals surface area contributed by atoms with Crippen LogP contribution in [-0.4, -0.2) is 29.9 Å². The van der Waals surface area contributed by atoms with Crippen LogP contribution in [0.25, 0.3) is 0 Å². The molecule has 0 saturated carbocycles. The fourth-order valence-electron chi connectivity index (χ4n) is 3.17. The van der Waals surface area contributed by atoms with Gasteiger partial charge in [0.2, 0.25) is 5.91 Å². The van der Waals surface area contributed by atoms with Gasteiger partial charge in [-0.1, -0.05) is 44.2 Å². The summed E-state index contributed by atoms with van der Waals surface area (Å²) in [7, 11) is 0. The lowest BCUT2D eigenvalue weighted by atomic mass is 9.91. The van der Waals surface area contributed by atoms with Gasteiger partial charge in [-0.05, 0) is 36.7 Å². The first-order chi connectivity index (χ1) is 9.56. The Kier molecular flexibility index (Phi) is 5.18. The molecule has 0 bridgehead atoms. The smallest absolute Gasteiger partial charge is 0.239 e. The molecule has 1 amide bonds. The summed E-state index contributed by atoms with van der Waals surface area (Å²) in [6.07, 6.45) is 2.80. The van der Waals surface area contributed by atoms with E-state index in [1.165, 1.54) is 12.0 Å². The first kappa shape index (κ1) is 15.0. The van der Waals surface area contributed by atoms with E-state index >= 15 is 0 Å². The second kappa shape index (κ2) is 6.89. The summed E-state index contributed by atoms with van der Waals surface area (Å²) >= 11 is 0. The number of piperidine rings is 1. The van der Waals surface area contributed by atoms with E-state index < -0.39 is 0 Å². The summed E-state index contributed by atoms with van der Waals surface area (Å²) in [5.74, 6) is 1.30. The molecule has 1 aromatic rings. The number of hydrogen-bond acceptors (Lipinski definition) is 2. The van der Waals surface area contributed by atoms with Crippen molar-refractivity contribution >= 4 is 5.91 Å². The van der Waals surface area contributed by atoms with Crippen molar-refractivity contribution in [3.05, 3.63) is 35.9 Å². The molecule has 2 N–H and O–H groups in total. The number of benzene rings is 1. The largest absolute Gasteiger partial charge is 0.341 e. The Morgan fingerprint density at radius 3 is 2.45 bits per heavy atom. The van der Waals surface area contributed by atoms with Crippen LogP contribution in [0.3, 0.4) is 0 Å². The van der Waals surface area contributed by atoms with Gasteiger partial charge in [0.05, 0.1) is 6.04 Å². The summed E-state index contributed by atoms with van der Waals surface area (Å²) in [6.45, 7) is 6.15. The Balaban J connectivity index is 1.85.